The number of para-hydroxylation sites is 3. The lowest BCUT2D eigenvalue weighted by atomic mass is 10.2. The summed E-state index contributed by atoms with van der Waals surface area (Å²) >= 11 is 0. The summed E-state index contributed by atoms with van der Waals surface area (Å²) in [6, 6.07) is 26.1. The first-order chi connectivity index (χ1) is 12.7. The number of carbonyl (C=O) groups is 2. The minimum absolute atomic E-state index is 0.437. The van der Waals surface area contributed by atoms with Gasteiger partial charge in [-0.3, -0.25) is 9.59 Å². The molecule has 3 aromatic carbocycles. The normalized spacial score (nSPS) is 10.2. The van der Waals surface area contributed by atoms with E-state index in [1.807, 2.05) is 54.6 Å². The summed E-state index contributed by atoms with van der Waals surface area (Å²) in [4.78, 5) is 25.4. The van der Waals surface area contributed by atoms with E-state index in [0.29, 0.717) is 17.1 Å². The Morgan fingerprint density at radius 1 is 0.538 bits per heavy atom. The summed E-state index contributed by atoms with van der Waals surface area (Å²) in [5.74, 6) is -0.873. The van der Waals surface area contributed by atoms with Gasteiger partial charge >= 0.3 is 0 Å². The Hall–Kier alpha value is -3.60. The third kappa shape index (κ3) is 4.70. The first-order valence-corrected chi connectivity index (χ1v) is 8.26. The van der Waals surface area contributed by atoms with Gasteiger partial charge in [-0.1, -0.05) is 54.6 Å². The molecule has 0 heterocycles. The lowest BCUT2D eigenvalue weighted by molar-refractivity contribution is -0.124. The number of hydrogen-bond acceptors (Lipinski definition) is 3. The number of carbonyl (C=O) groups excluding carboxylic acids is 2. The van der Waals surface area contributed by atoms with Crippen molar-refractivity contribution in [2.75, 3.05) is 16.0 Å². The predicted octanol–water partition coefficient (Wildman–Crippen LogP) is 3.74. The first kappa shape index (κ1) is 17.2. The number of nitrogens with one attached hydrogen (secondary N) is 3. The maximum atomic E-state index is 12.7. The summed E-state index contributed by atoms with van der Waals surface area (Å²) in [5.41, 5.74) is 1.94. The largest absolute Gasteiger partial charge is 0.366 e. The fourth-order valence-electron chi connectivity index (χ4n) is 2.42. The van der Waals surface area contributed by atoms with Crippen molar-refractivity contribution in [3.05, 3.63) is 91.0 Å². The molecule has 0 unspecified atom stereocenters. The highest BCUT2D eigenvalue weighted by Gasteiger charge is 2.27. The van der Waals surface area contributed by atoms with Gasteiger partial charge in [0.2, 0.25) is 0 Å². The van der Waals surface area contributed by atoms with Gasteiger partial charge in [0, 0.05) is 17.1 Å². The minimum atomic E-state index is -1.09. The van der Waals surface area contributed by atoms with Crippen LogP contribution in [0.15, 0.2) is 91.0 Å². The van der Waals surface area contributed by atoms with E-state index in [1.54, 1.807) is 36.4 Å². The monoisotopic (exact) mass is 345 g/mol. The van der Waals surface area contributed by atoms with Crippen LogP contribution in [0.3, 0.4) is 0 Å². The van der Waals surface area contributed by atoms with Crippen molar-refractivity contribution in [3.63, 3.8) is 0 Å². The molecule has 0 aliphatic heterocycles. The van der Waals surface area contributed by atoms with Crippen LogP contribution in [0.5, 0.6) is 0 Å². The molecule has 0 saturated heterocycles. The molecular weight excluding hydrogens is 326 g/mol. The maximum absolute atomic E-state index is 12.7. The van der Waals surface area contributed by atoms with E-state index >= 15 is 0 Å². The Labute approximate surface area is 152 Å². The van der Waals surface area contributed by atoms with Gasteiger partial charge in [0.25, 0.3) is 11.8 Å². The molecule has 0 aliphatic carbocycles. The van der Waals surface area contributed by atoms with Gasteiger partial charge in [-0.15, -0.1) is 0 Å². The van der Waals surface area contributed by atoms with Crippen LogP contribution < -0.4 is 16.0 Å². The van der Waals surface area contributed by atoms with Gasteiger partial charge in [-0.2, -0.15) is 0 Å². The van der Waals surface area contributed by atoms with Crippen molar-refractivity contribution in [3.8, 4) is 0 Å². The summed E-state index contributed by atoms with van der Waals surface area (Å²) in [5, 5.41) is 8.53. The van der Waals surface area contributed by atoms with Gasteiger partial charge in [-0.25, -0.2) is 0 Å². The van der Waals surface area contributed by atoms with Crippen LogP contribution in [0.25, 0.3) is 0 Å². The van der Waals surface area contributed by atoms with Crippen molar-refractivity contribution in [1.82, 2.24) is 0 Å². The molecule has 0 aromatic heterocycles. The van der Waals surface area contributed by atoms with E-state index in [-0.39, 0.29) is 0 Å². The van der Waals surface area contributed by atoms with Crippen molar-refractivity contribution < 1.29 is 9.59 Å². The molecule has 3 rings (SSSR count). The zero-order valence-corrected chi connectivity index (χ0v) is 14.1. The zero-order chi connectivity index (χ0) is 18.2. The summed E-state index contributed by atoms with van der Waals surface area (Å²) < 4.78 is 0. The Bertz CT molecular complexity index is 799. The van der Waals surface area contributed by atoms with Crippen LogP contribution in [-0.4, -0.2) is 17.9 Å². The number of hydrogen-bond donors (Lipinski definition) is 3. The molecule has 0 spiro atoms. The average Bonchev–Trinajstić information content (AvgIpc) is 2.68. The third-order valence-electron chi connectivity index (χ3n) is 3.69. The van der Waals surface area contributed by atoms with Crippen LogP contribution in [0.2, 0.25) is 0 Å². The summed E-state index contributed by atoms with van der Waals surface area (Å²) in [6.07, 6.45) is 0. The summed E-state index contributed by atoms with van der Waals surface area (Å²) in [6.45, 7) is 0. The Kier molecular flexibility index (Phi) is 5.62. The molecule has 5 heteroatoms. The molecule has 3 aromatic rings. The Morgan fingerprint density at radius 3 is 1.27 bits per heavy atom. The van der Waals surface area contributed by atoms with Crippen molar-refractivity contribution in [1.29, 1.82) is 0 Å². The highest BCUT2D eigenvalue weighted by atomic mass is 16.2. The second kappa shape index (κ2) is 8.48. The van der Waals surface area contributed by atoms with E-state index < -0.39 is 17.9 Å². The molecule has 130 valence electrons. The second-order valence-corrected chi connectivity index (χ2v) is 5.65. The first-order valence-electron chi connectivity index (χ1n) is 8.26. The van der Waals surface area contributed by atoms with Crippen LogP contribution >= 0.6 is 0 Å². The number of amides is 2. The highest BCUT2D eigenvalue weighted by molar-refractivity contribution is 6.16. The van der Waals surface area contributed by atoms with Crippen molar-refractivity contribution in [2.24, 2.45) is 0 Å². The van der Waals surface area contributed by atoms with Crippen LogP contribution in [0, 0.1) is 0 Å². The maximum Gasteiger partial charge on any atom is 0.256 e. The summed E-state index contributed by atoms with van der Waals surface area (Å²) in [7, 11) is 0. The molecule has 0 aliphatic rings. The number of benzene rings is 3. The molecule has 0 atom stereocenters. The van der Waals surface area contributed by atoms with Crippen molar-refractivity contribution in [2.45, 2.75) is 6.04 Å². The van der Waals surface area contributed by atoms with E-state index in [2.05, 4.69) is 16.0 Å². The Balaban J connectivity index is 1.78. The van der Waals surface area contributed by atoms with E-state index in [1.165, 1.54) is 0 Å². The van der Waals surface area contributed by atoms with Gasteiger partial charge in [0.15, 0.2) is 6.04 Å². The van der Waals surface area contributed by atoms with E-state index in [4.69, 9.17) is 0 Å². The minimum Gasteiger partial charge on any atom is -0.366 e. The molecule has 0 fully saturated rings. The van der Waals surface area contributed by atoms with Gasteiger partial charge in [0.1, 0.15) is 0 Å². The highest BCUT2D eigenvalue weighted by Crippen LogP contribution is 2.13. The molecule has 5 nitrogen and oxygen atoms in total. The second-order valence-electron chi connectivity index (χ2n) is 5.65. The van der Waals surface area contributed by atoms with Crippen LogP contribution in [-0.2, 0) is 9.59 Å². The van der Waals surface area contributed by atoms with Crippen LogP contribution in [0.1, 0.15) is 0 Å². The lowest BCUT2D eigenvalue weighted by Gasteiger charge is -2.19. The van der Waals surface area contributed by atoms with Gasteiger partial charge in [0.05, 0.1) is 0 Å². The van der Waals surface area contributed by atoms with E-state index in [9.17, 15) is 9.59 Å². The van der Waals surface area contributed by atoms with E-state index in [0.717, 1.165) is 0 Å². The van der Waals surface area contributed by atoms with Crippen molar-refractivity contribution >= 4 is 28.9 Å². The molecule has 26 heavy (non-hydrogen) atoms. The van der Waals surface area contributed by atoms with Gasteiger partial charge < -0.3 is 16.0 Å². The number of rotatable bonds is 6. The van der Waals surface area contributed by atoms with Crippen LogP contribution in [0.4, 0.5) is 17.1 Å². The topological polar surface area (TPSA) is 70.2 Å². The fraction of sp³-hybridized carbons (Fsp3) is 0.0476. The standard InChI is InChI=1S/C21H19N3O2/c25-20(23-17-12-6-2-7-13-17)19(22-16-10-4-1-5-11-16)21(26)24-18-14-8-3-9-15-18/h1-15,19,22H,(H,23,25)(H,24,26). The average molecular weight is 345 g/mol. The fourth-order valence-corrected chi connectivity index (χ4v) is 2.42. The number of anilines is 3. The molecule has 3 N–H and O–H groups in total. The smallest absolute Gasteiger partial charge is 0.256 e. The Morgan fingerprint density at radius 2 is 0.885 bits per heavy atom. The SMILES string of the molecule is O=C(Nc1ccccc1)C(Nc1ccccc1)C(=O)Nc1ccccc1. The molecule has 0 bridgehead atoms. The molecule has 2 amide bonds. The molecule has 0 saturated carbocycles. The lowest BCUT2D eigenvalue weighted by Crippen LogP contribution is -2.44. The molecule has 0 radical (unpaired) electrons. The quantitative estimate of drug-likeness (QED) is 0.596. The predicted molar refractivity (Wildman–Crippen MR) is 104 cm³/mol. The zero-order valence-electron chi connectivity index (χ0n) is 14.1. The van der Waals surface area contributed by atoms with Gasteiger partial charge in [-0.05, 0) is 36.4 Å². The molecular formula is C21H19N3O2. The third-order valence-corrected chi connectivity index (χ3v) is 3.69.